The fourth-order valence-corrected chi connectivity index (χ4v) is 2.30. The molecule has 0 saturated carbocycles. The number of aryl methyl sites for hydroxylation is 1. The molecule has 0 bridgehead atoms. The van der Waals surface area contributed by atoms with Crippen LogP contribution in [-0.4, -0.2) is 41.4 Å². The van der Waals surface area contributed by atoms with Gasteiger partial charge in [0.2, 0.25) is 0 Å². The van der Waals surface area contributed by atoms with Crippen LogP contribution in [0.4, 0.5) is 0 Å². The van der Waals surface area contributed by atoms with E-state index in [1.165, 1.54) is 25.2 Å². The zero-order valence-electron chi connectivity index (χ0n) is 10.0. The number of rotatable bonds is 4. The largest absolute Gasteiger partial charge is 0.319 e. The highest BCUT2D eigenvalue weighted by Crippen LogP contribution is 2.17. The minimum atomic E-state index is 0. The number of nitrogens with one attached hydrogen (secondary N) is 1. The Morgan fingerprint density at radius 1 is 1.56 bits per heavy atom. The van der Waals surface area contributed by atoms with E-state index < -0.39 is 0 Å². The zero-order chi connectivity index (χ0) is 10.7. The molecule has 1 fully saturated rings. The number of aromatic nitrogens is 2. The molecule has 1 atom stereocenters. The monoisotopic (exact) mass is 244 g/mol. The molecule has 16 heavy (non-hydrogen) atoms. The third-order valence-electron chi connectivity index (χ3n) is 3.17. The van der Waals surface area contributed by atoms with Crippen LogP contribution in [-0.2, 0) is 13.6 Å². The Balaban J connectivity index is 0.00000128. The number of halogens is 1. The van der Waals surface area contributed by atoms with Gasteiger partial charge in [-0.1, -0.05) is 0 Å². The summed E-state index contributed by atoms with van der Waals surface area (Å²) >= 11 is 0. The van der Waals surface area contributed by atoms with Crippen molar-refractivity contribution in [2.75, 3.05) is 26.7 Å². The first kappa shape index (κ1) is 13.5. The Labute approximate surface area is 103 Å². The van der Waals surface area contributed by atoms with Crippen molar-refractivity contribution in [3.63, 3.8) is 0 Å². The van der Waals surface area contributed by atoms with Crippen molar-refractivity contribution < 1.29 is 0 Å². The lowest BCUT2D eigenvalue weighted by molar-refractivity contribution is 0.306. The van der Waals surface area contributed by atoms with Crippen LogP contribution in [0.25, 0.3) is 0 Å². The molecule has 0 amide bonds. The lowest BCUT2D eigenvalue weighted by atomic mass is 10.1. The van der Waals surface area contributed by atoms with Crippen molar-refractivity contribution in [1.82, 2.24) is 20.0 Å². The van der Waals surface area contributed by atoms with Gasteiger partial charge in [-0.05, 0) is 38.5 Å². The molecule has 1 aliphatic rings. The van der Waals surface area contributed by atoms with E-state index in [-0.39, 0.29) is 12.4 Å². The zero-order valence-corrected chi connectivity index (χ0v) is 10.8. The van der Waals surface area contributed by atoms with Crippen LogP contribution in [0.2, 0.25) is 0 Å². The lowest BCUT2D eigenvalue weighted by Gasteiger charge is -2.15. The Kier molecular flexibility index (Phi) is 5.25. The van der Waals surface area contributed by atoms with E-state index in [4.69, 9.17) is 0 Å². The maximum Gasteiger partial charge on any atom is 0.0521 e. The van der Waals surface area contributed by atoms with E-state index in [1.807, 2.05) is 25.0 Å². The van der Waals surface area contributed by atoms with Gasteiger partial charge < -0.3 is 5.32 Å². The molecule has 2 rings (SSSR count). The molecule has 5 heteroatoms. The molecule has 1 unspecified atom stereocenters. The summed E-state index contributed by atoms with van der Waals surface area (Å²) in [4.78, 5) is 2.51. The van der Waals surface area contributed by atoms with Crippen molar-refractivity contribution in [1.29, 1.82) is 0 Å². The molecule has 1 saturated heterocycles. The summed E-state index contributed by atoms with van der Waals surface area (Å²) in [5, 5.41) is 7.45. The first-order valence-electron chi connectivity index (χ1n) is 5.63. The molecular weight excluding hydrogens is 224 g/mol. The normalized spacial score (nSPS) is 21.0. The maximum atomic E-state index is 4.19. The van der Waals surface area contributed by atoms with Crippen LogP contribution in [0.1, 0.15) is 12.1 Å². The molecule has 1 aromatic heterocycles. The molecule has 1 N–H and O–H groups in total. The first-order chi connectivity index (χ1) is 7.29. The van der Waals surface area contributed by atoms with Gasteiger partial charge in [0.1, 0.15) is 0 Å². The molecule has 0 radical (unpaired) electrons. The van der Waals surface area contributed by atoms with Crippen LogP contribution in [0.15, 0.2) is 12.3 Å². The highest BCUT2D eigenvalue weighted by atomic mass is 35.5. The predicted molar refractivity (Wildman–Crippen MR) is 67.8 cm³/mol. The van der Waals surface area contributed by atoms with E-state index in [1.54, 1.807) is 0 Å². The van der Waals surface area contributed by atoms with Gasteiger partial charge >= 0.3 is 0 Å². The van der Waals surface area contributed by atoms with Crippen molar-refractivity contribution in [3.8, 4) is 0 Å². The predicted octanol–water partition coefficient (Wildman–Crippen LogP) is 0.883. The summed E-state index contributed by atoms with van der Waals surface area (Å²) in [5.41, 5.74) is 1.31. The van der Waals surface area contributed by atoms with Crippen LogP contribution in [0, 0.1) is 5.92 Å². The molecule has 2 heterocycles. The number of hydrogen-bond donors (Lipinski definition) is 1. The average molecular weight is 245 g/mol. The summed E-state index contributed by atoms with van der Waals surface area (Å²) < 4.78 is 1.96. The second-order valence-electron chi connectivity index (χ2n) is 4.39. The minimum absolute atomic E-state index is 0. The van der Waals surface area contributed by atoms with E-state index in [0.29, 0.717) is 0 Å². The number of hydrogen-bond acceptors (Lipinski definition) is 3. The van der Waals surface area contributed by atoms with Crippen LogP contribution >= 0.6 is 12.4 Å². The number of likely N-dealkylation sites (tertiary alicyclic amines) is 1. The van der Waals surface area contributed by atoms with Gasteiger partial charge in [-0.3, -0.25) is 9.58 Å². The van der Waals surface area contributed by atoms with Crippen LogP contribution < -0.4 is 5.32 Å². The quantitative estimate of drug-likeness (QED) is 0.854. The highest BCUT2D eigenvalue weighted by Gasteiger charge is 2.22. The fourth-order valence-electron chi connectivity index (χ4n) is 2.30. The minimum Gasteiger partial charge on any atom is -0.319 e. The van der Waals surface area contributed by atoms with Crippen LogP contribution in [0.5, 0.6) is 0 Å². The Morgan fingerprint density at radius 2 is 2.38 bits per heavy atom. The SMILES string of the molecule is CNCC1CCN(Cc2ccnn2C)C1.Cl. The smallest absolute Gasteiger partial charge is 0.0521 e. The maximum absolute atomic E-state index is 4.19. The summed E-state index contributed by atoms with van der Waals surface area (Å²) in [6.45, 7) is 4.61. The van der Waals surface area contributed by atoms with Gasteiger partial charge in [0.25, 0.3) is 0 Å². The highest BCUT2D eigenvalue weighted by molar-refractivity contribution is 5.85. The average Bonchev–Trinajstić information content (AvgIpc) is 2.79. The molecule has 4 nitrogen and oxygen atoms in total. The summed E-state index contributed by atoms with van der Waals surface area (Å²) in [6.07, 6.45) is 3.19. The summed E-state index contributed by atoms with van der Waals surface area (Å²) in [6, 6.07) is 2.10. The van der Waals surface area contributed by atoms with Crippen LogP contribution in [0.3, 0.4) is 0 Å². The van der Waals surface area contributed by atoms with E-state index >= 15 is 0 Å². The summed E-state index contributed by atoms with van der Waals surface area (Å²) in [7, 11) is 4.04. The molecule has 0 aromatic carbocycles. The van der Waals surface area contributed by atoms with Crippen molar-refractivity contribution in [2.45, 2.75) is 13.0 Å². The third-order valence-corrected chi connectivity index (χ3v) is 3.17. The molecular formula is C11H21ClN4. The van der Waals surface area contributed by atoms with Gasteiger partial charge in [0, 0.05) is 26.3 Å². The van der Waals surface area contributed by atoms with E-state index in [2.05, 4.69) is 21.4 Å². The molecule has 1 aromatic rings. The Hall–Kier alpha value is -0.580. The fraction of sp³-hybridized carbons (Fsp3) is 0.727. The second-order valence-corrected chi connectivity index (χ2v) is 4.39. The Bertz CT molecular complexity index is 313. The number of nitrogens with zero attached hydrogens (tertiary/aromatic N) is 3. The van der Waals surface area contributed by atoms with Gasteiger partial charge in [-0.15, -0.1) is 12.4 Å². The third kappa shape index (κ3) is 3.20. The summed E-state index contributed by atoms with van der Waals surface area (Å²) in [5.74, 6) is 0.822. The van der Waals surface area contributed by atoms with Gasteiger partial charge in [0.05, 0.1) is 5.69 Å². The molecule has 92 valence electrons. The van der Waals surface area contributed by atoms with Gasteiger partial charge in [-0.25, -0.2) is 0 Å². The van der Waals surface area contributed by atoms with Gasteiger partial charge in [-0.2, -0.15) is 5.10 Å². The second kappa shape index (κ2) is 6.23. The molecule has 0 aliphatic carbocycles. The molecule has 1 aliphatic heterocycles. The van der Waals surface area contributed by atoms with Crippen molar-refractivity contribution in [3.05, 3.63) is 18.0 Å². The lowest BCUT2D eigenvalue weighted by Crippen LogP contribution is -2.25. The standard InChI is InChI=1S/C11H20N4.ClH/c1-12-7-10-4-6-15(8-10)9-11-3-5-13-14(11)2;/h3,5,10,12H,4,6-9H2,1-2H3;1H. The van der Waals surface area contributed by atoms with Gasteiger partial charge in [0.15, 0.2) is 0 Å². The van der Waals surface area contributed by atoms with Crippen molar-refractivity contribution >= 4 is 12.4 Å². The van der Waals surface area contributed by atoms with E-state index in [0.717, 1.165) is 19.0 Å². The first-order valence-corrected chi connectivity index (χ1v) is 5.63. The van der Waals surface area contributed by atoms with E-state index in [9.17, 15) is 0 Å². The topological polar surface area (TPSA) is 33.1 Å². The Morgan fingerprint density at radius 3 is 3.00 bits per heavy atom. The molecule has 0 spiro atoms. The van der Waals surface area contributed by atoms with Crippen molar-refractivity contribution in [2.24, 2.45) is 13.0 Å².